The lowest BCUT2D eigenvalue weighted by Crippen LogP contribution is -2.41. The quantitative estimate of drug-likeness (QED) is 0.484. The topological polar surface area (TPSA) is 101 Å². The van der Waals surface area contributed by atoms with Crippen molar-refractivity contribution in [2.24, 2.45) is 0 Å². The molecule has 1 aromatic heterocycles. The molecule has 3 N–H and O–H groups in total. The van der Waals surface area contributed by atoms with Gasteiger partial charge in [-0.15, -0.1) is 23.5 Å². The van der Waals surface area contributed by atoms with Gasteiger partial charge in [0.1, 0.15) is 5.82 Å². The Kier molecular flexibility index (Phi) is 7.84. The highest BCUT2D eigenvalue weighted by atomic mass is 32.2. The number of thioether (sulfide) groups is 2. The van der Waals surface area contributed by atoms with Crippen LogP contribution in [0.2, 0.25) is 0 Å². The van der Waals surface area contributed by atoms with E-state index in [1.165, 1.54) is 15.0 Å². The third-order valence-electron chi connectivity index (χ3n) is 5.70. The van der Waals surface area contributed by atoms with Crippen molar-refractivity contribution < 1.29 is 4.79 Å². The average molecular weight is 497 g/mol. The zero-order chi connectivity index (χ0) is 24.1. The summed E-state index contributed by atoms with van der Waals surface area (Å²) in [4.78, 5) is 42.8. The average Bonchev–Trinajstić information content (AvgIpc) is 3.38. The highest BCUT2D eigenvalue weighted by molar-refractivity contribution is 8.19. The number of nitrogens with zero attached hydrogens (tertiary/aromatic N) is 2. The molecule has 7 nitrogen and oxygen atoms in total. The number of aromatic amines is 1. The minimum absolute atomic E-state index is 0.00172. The van der Waals surface area contributed by atoms with Gasteiger partial charge in [-0.05, 0) is 29.7 Å². The Balaban J connectivity index is 1.75. The summed E-state index contributed by atoms with van der Waals surface area (Å²) in [7, 11) is 0. The summed E-state index contributed by atoms with van der Waals surface area (Å²) in [5.41, 5.74) is 7.57. The summed E-state index contributed by atoms with van der Waals surface area (Å²) in [6.07, 6.45) is 1.58. The minimum Gasteiger partial charge on any atom is -0.383 e. The van der Waals surface area contributed by atoms with Crippen molar-refractivity contribution in [2.45, 2.75) is 37.4 Å². The molecule has 0 unspecified atom stereocenters. The van der Waals surface area contributed by atoms with Gasteiger partial charge in [-0.25, -0.2) is 4.79 Å². The third-order valence-corrected chi connectivity index (χ3v) is 8.80. The molecule has 0 bridgehead atoms. The van der Waals surface area contributed by atoms with Crippen molar-refractivity contribution in [1.82, 2.24) is 9.55 Å². The standard InChI is InChI=1S/C25H28N4O3S2/c1-2-3-13-28-21(26)20(22(30)27-25(28)32)29(16-17-7-5-4-6-8-17)23(31)18-9-11-19(12-10-18)24-33-14-15-34-24/h4-12,24H,2-3,13-16,26H2,1H3,(H,27,30,32). The van der Waals surface area contributed by atoms with Crippen LogP contribution >= 0.6 is 23.5 Å². The van der Waals surface area contributed by atoms with Crippen LogP contribution in [0.25, 0.3) is 0 Å². The van der Waals surface area contributed by atoms with Gasteiger partial charge >= 0.3 is 5.69 Å². The summed E-state index contributed by atoms with van der Waals surface area (Å²) in [6, 6.07) is 16.9. The van der Waals surface area contributed by atoms with Crippen molar-refractivity contribution in [3.63, 3.8) is 0 Å². The van der Waals surface area contributed by atoms with Gasteiger partial charge < -0.3 is 5.73 Å². The zero-order valence-electron chi connectivity index (χ0n) is 19.0. The van der Waals surface area contributed by atoms with Gasteiger partial charge in [0, 0.05) is 23.6 Å². The smallest absolute Gasteiger partial charge is 0.330 e. The summed E-state index contributed by atoms with van der Waals surface area (Å²) in [5.74, 6) is 1.90. The molecule has 178 valence electrons. The van der Waals surface area contributed by atoms with Gasteiger partial charge in [0.15, 0.2) is 5.69 Å². The number of nitrogen functional groups attached to an aromatic ring is 1. The Labute approximate surface area is 206 Å². The Morgan fingerprint density at radius 1 is 1.09 bits per heavy atom. The fourth-order valence-corrected chi connectivity index (χ4v) is 6.74. The summed E-state index contributed by atoms with van der Waals surface area (Å²) >= 11 is 3.80. The van der Waals surface area contributed by atoms with E-state index in [1.807, 2.05) is 72.9 Å². The van der Waals surface area contributed by atoms with Crippen molar-refractivity contribution in [3.8, 4) is 0 Å². The van der Waals surface area contributed by atoms with Gasteiger partial charge in [-0.2, -0.15) is 0 Å². The van der Waals surface area contributed by atoms with Crippen LogP contribution in [0.1, 0.15) is 45.8 Å². The Morgan fingerprint density at radius 2 is 1.76 bits per heavy atom. The molecule has 2 heterocycles. The van der Waals surface area contributed by atoms with Crippen LogP contribution in [0.15, 0.2) is 64.2 Å². The summed E-state index contributed by atoms with van der Waals surface area (Å²) in [5, 5.41) is 0. The van der Waals surface area contributed by atoms with E-state index < -0.39 is 11.2 Å². The van der Waals surface area contributed by atoms with E-state index in [9.17, 15) is 14.4 Å². The lowest BCUT2D eigenvalue weighted by atomic mass is 10.1. The number of rotatable bonds is 8. The second-order valence-electron chi connectivity index (χ2n) is 8.07. The maximum absolute atomic E-state index is 13.7. The van der Waals surface area contributed by atoms with Gasteiger partial charge in [0.05, 0.1) is 11.1 Å². The number of anilines is 2. The molecule has 0 radical (unpaired) electrons. The van der Waals surface area contributed by atoms with Crippen LogP contribution in [0, 0.1) is 0 Å². The van der Waals surface area contributed by atoms with E-state index in [2.05, 4.69) is 4.98 Å². The molecular weight excluding hydrogens is 468 g/mol. The molecule has 1 aliphatic rings. The SMILES string of the molecule is CCCCn1c(N)c(N(Cc2ccccc2)C(=O)c2ccc(C3SCCS3)cc2)c(=O)[nH]c1=O. The van der Waals surface area contributed by atoms with Gasteiger partial charge in [-0.3, -0.25) is 24.0 Å². The van der Waals surface area contributed by atoms with Crippen molar-refractivity contribution in [2.75, 3.05) is 22.1 Å². The Bertz CT molecular complexity index is 1250. The van der Waals surface area contributed by atoms with Crippen LogP contribution in [0.3, 0.4) is 0 Å². The molecule has 4 rings (SSSR count). The van der Waals surface area contributed by atoms with Crippen LogP contribution in [-0.4, -0.2) is 27.0 Å². The minimum atomic E-state index is -0.671. The third kappa shape index (κ3) is 5.26. The van der Waals surface area contributed by atoms with Crippen molar-refractivity contribution >= 4 is 40.9 Å². The first kappa shape index (κ1) is 24.2. The predicted octanol–water partition coefficient (Wildman–Crippen LogP) is 4.24. The van der Waals surface area contributed by atoms with Crippen LogP contribution in [0.5, 0.6) is 0 Å². The molecule has 1 fully saturated rings. The number of unbranched alkanes of at least 4 members (excludes halogenated alkanes) is 1. The normalized spacial score (nSPS) is 13.8. The molecule has 1 aliphatic heterocycles. The fraction of sp³-hybridized carbons (Fsp3) is 0.320. The monoisotopic (exact) mass is 496 g/mol. The Morgan fingerprint density at radius 3 is 2.41 bits per heavy atom. The van der Waals surface area contributed by atoms with E-state index in [0.29, 0.717) is 16.7 Å². The van der Waals surface area contributed by atoms with Gasteiger partial charge in [-0.1, -0.05) is 55.8 Å². The first-order valence-corrected chi connectivity index (χ1v) is 13.4. The number of aromatic nitrogens is 2. The first-order chi connectivity index (χ1) is 16.5. The number of carbonyl (C=O) groups excluding carboxylic acids is 1. The number of benzene rings is 2. The number of hydrogen-bond acceptors (Lipinski definition) is 6. The van der Waals surface area contributed by atoms with Crippen molar-refractivity contribution in [3.05, 3.63) is 92.1 Å². The van der Waals surface area contributed by atoms with Crippen molar-refractivity contribution in [1.29, 1.82) is 0 Å². The molecule has 1 amide bonds. The number of nitrogens with two attached hydrogens (primary N) is 1. The number of amides is 1. The molecule has 34 heavy (non-hydrogen) atoms. The van der Waals surface area contributed by atoms with Gasteiger partial charge in [0.2, 0.25) is 0 Å². The lowest BCUT2D eigenvalue weighted by molar-refractivity contribution is 0.0984. The molecule has 0 atom stereocenters. The van der Waals surface area contributed by atoms with E-state index in [1.54, 1.807) is 12.1 Å². The molecule has 1 saturated heterocycles. The number of H-pyrrole nitrogens is 1. The lowest BCUT2D eigenvalue weighted by Gasteiger charge is -2.25. The summed E-state index contributed by atoms with van der Waals surface area (Å²) in [6.45, 7) is 2.52. The number of nitrogens with one attached hydrogen (secondary N) is 1. The van der Waals surface area contributed by atoms with Gasteiger partial charge in [0.25, 0.3) is 11.5 Å². The summed E-state index contributed by atoms with van der Waals surface area (Å²) < 4.78 is 1.72. The predicted molar refractivity (Wildman–Crippen MR) is 142 cm³/mol. The number of hydrogen-bond donors (Lipinski definition) is 2. The number of carbonyl (C=O) groups is 1. The second kappa shape index (κ2) is 11.0. The highest BCUT2D eigenvalue weighted by Crippen LogP contribution is 2.45. The fourth-order valence-electron chi connectivity index (χ4n) is 3.88. The van der Waals surface area contributed by atoms with Crippen LogP contribution < -0.4 is 21.9 Å². The molecule has 0 saturated carbocycles. The van der Waals surface area contributed by atoms with Crippen LogP contribution in [0.4, 0.5) is 11.5 Å². The van der Waals surface area contributed by atoms with E-state index in [-0.39, 0.29) is 24.0 Å². The largest absolute Gasteiger partial charge is 0.383 e. The molecular formula is C25H28N4O3S2. The molecule has 0 spiro atoms. The Hall–Kier alpha value is -2.91. The molecule has 3 aromatic rings. The zero-order valence-corrected chi connectivity index (χ0v) is 20.7. The first-order valence-electron chi connectivity index (χ1n) is 11.3. The van der Waals surface area contributed by atoms with E-state index in [0.717, 1.165) is 29.9 Å². The van der Waals surface area contributed by atoms with Crippen LogP contribution in [-0.2, 0) is 13.1 Å². The van der Waals surface area contributed by atoms with E-state index >= 15 is 0 Å². The highest BCUT2D eigenvalue weighted by Gasteiger charge is 2.26. The van der Waals surface area contributed by atoms with E-state index in [4.69, 9.17) is 5.73 Å². The maximum atomic E-state index is 13.7. The molecule has 0 aliphatic carbocycles. The molecule has 9 heteroatoms. The maximum Gasteiger partial charge on any atom is 0.330 e. The second-order valence-corrected chi connectivity index (χ2v) is 10.8. The molecule has 2 aromatic carbocycles.